The van der Waals surface area contributed by atoms with Crippen LogP contribution in [0.2, 0.25) is 0 Å². The highest BCUT2D eigenvalue weighted by molar-refractivity contribution is 5.85. The van der Waals surface area contributed by atoms with Crippen LogP contribution in [0.3, 0.4) is 0 Å². The van der Waals surface area contributed by atoms with Crippen molar-refractivity contribution in [2.45, 2.75) is 26.9 Å². The summed E-state index contributed by atoms with van der Waals surface area (Å²) in [7, 11) is 0. The fraction of sp³-hybridized carbons (Fsp3) is 0.357. The molecule has 4 nitrogen and oxygen atoms in total. The third-order valence-corrected chi connectivity index (χ3v) is 2.15. The van der Waals surface area contributed by atoms with Gasteiger partial charge in [0.05, 0.1) is 12.7 Å². The topological polar surface area (TPSA) is 51.3 Å². The average Bonchev–Trinajstić information content (AvgIpc) is 2.79. The van der Waals surface area contributed by atoms with Gasteiger partial charge < -0.3 is 14.5 Å². The highest BCUT2D eigenvalue weighted by atomic mass is 16.5. The number of H-pyrrole nitrogens is 1. The van der Waals surface area contributed by atoms with E-state index in [0.29, 0.717) is 13.1 Å². The Morgan fingerprint density at radius 3 is 2.67 bits per heavy atom. The van der Waals surface area contributed by atoms with E-state index in [1.165, 1.54) is 0 Å². The van der Waals surface area contributed by atoms with Gasteiger partial charge in [-0.25, -0.2) is 0 Å². The van der Waals surface area contributed by atoms with Crippen LogP contribution in [0.5, 0.6) is 5.75 Å². The molecule has 2 rings (SSSR count). The normalized spacial score (nSPS) is 9.78. The molecule has 0 saturated heterocycles. The minimum atomic E-state index is 0.223. The first-order chi connectivity index (χ1) is 8.69. The highest BCUT2D eigenvalue weighted by Crippen LogP contribution is 2.25. The fourth-order valence-corrected chi connectivity index (χ4v) is 1.48. The summed E-state index contributed by atoms with van der Waals surface area (Å²) in [4.78, 5) is 12.3. The minimum absolute atomic E-state index is 0.223. The highest BCUT2D eigenvalue weighted by Gasteiger charge is 2.03. The SMILES string of the molecule is CC(C)Oc1cccc2[nH]ccc12.CCOC=O. The van der Waals surface area contributed by atoms with Crippen LogP contribution in [0.15, 0.2) is 30.5 Å². The summed E-state index contributed by atoms with van der Waals surface area (Å²) in [6.07, 6.45) is 2.15. The second kappa shape index (κ2) is 7.37. The molecular formula is C14H19NO3. The molecule has 1 N–H and O–H groups in total. The van der Waals surface area contributed by atoms with E-state index in [1.807, 2.05) is 44.3 Å². The lowest BCUT2D eigenvalue weighted by Gasteiger charge is -2.10. The van der Waals surface area contributed by atoms with Gasteiger partial charge in [-0.2, -0.15) is 0 Å². The Labute approximate surface area is 107 Å². The number of hydrogen-bond donors (Lipinski definition) is 1. The molecule has 1 heterocycles. The monoisotopic (exact) mass is 249 g/mol. The molecule has 0 fully saturated rings. The second-order valence-electron chi connectivity index (χ2n) is 3.91. The molecule has 0 aliphatic heterocycles. The Hall–Kier alpha value is -1.97. The summed E-state index contributed by atoms with van der Waals surface area (Å²) in [6.45, 7) is 6.73. The average molecular weight is 249 g/mol. The molecule has 0 aliphatic carbocycles. The van der Waals surface area contributed by atoms with Crippen LogP contribution >= 0.6 is 0 Å². The van der Waals surface area contributed by atoms with E-state index >= 15 is 0 Å². The van der Waals surface area contributed by atoms with Crippen molar-refractivity contribution in [1.82, 2.24) is 4.98 Å². The predicted molar refractivity (Wildman–Crippen MR) is 71.8 cm³/mol. The Balaban J connectivity index is 0.000000280. The lowest BCUT2D eigenvalue weighted by atomic mass is 10.2. The van der Waals surface area contributed by atoms with Crippen molar-refractivity contribution in [2.75, 3.05) is 6.61 Å². The molecule has 4 heteroatoms. The Bertz CT molecular complexity index is 477. The minimum Gasteiger partial charge on any atom is -0.490 e. The van der Waals surface area contributed by atoms with Crippen molar-refractivity contribution >= 4 is 17.4 Å². The molecule has 0 saturated carbocycles. The predicted octanol–water partition coefficient (Wildman–Crippen LogP) is 3.13. The number of ether oxygens (including phenoxy) is 2. The third kappa shape index (κ3) is 4.13. The number of carbonyl (C=O) groups excluding carboxylic acids is 1. The molecule has 0 amide bonds. The third-order valence-electron chi connectivity index (χ3n) is 2.15. The lowest BCUT2D eigenvalue weighted by Crippen LogP contribution is -2.05. The molecule has 0 unspecified atom stereocenters. The van der Waals surface area contributed by atoms with Crippen LogP contribution in [-0.4, -0.2) is 24.2 Å². The molecule has 0 aliphatic rings. The summed E-state index contributed by atoms with van der Waals surface area (Å²) in [5, 5.41) is 1.15. The summed E-state index contributed by atoms with van der Waals surface area (Å²) in [6, 6.07) is 8.07. The maximum Gasteiger partial charge on any atom is 0.293 e. The van der Waals surface area contributed by atoms with Crippen LogP contribution < -0.4 is 4.74 Å². The molecular weight excluding hydrogens is 230 g/mol. The van der Waals surface area contributed by atoms with Crippen molar-refractivity contribution in [3.63, 3.8) is 0 Å². The van der Waals surface area contributed by atoms with Crippen LogP contribution in [0.25, 0.3) is 10.9 Å². The first-order valence-electron chi connectivity index (χ1n) is 5.97. The molecule has 1 aromatic heterocycles. The number of carbonyl (C=O) groups is 1. The maximum atomic E-state index is 9.18. The Morgan fingerprint density at radius 1 is 1.33 bits per heavy atom. The molecule has 0 radical (unpaired) electrons. The van der Waals surface area contributed by atoms with E-state index in [9.17, 15) is 4.79 Å². The van der Waals surface area contributed by atoms with E-state index < -0.39 is 0 Å². The van der Waals surface area contributed by atoms with Crippen LogP contribution in [0.1, 0.15) is 20.8 Å². The molecule has 0 spiro atoms. The van der Waals surface area contributed by atoms with Gasteiger partial charge in [0, 0.05) is 17.1 Å². The molecule has 0 atom stereocenters. The van der Waals surface area contributed by atoms with Gasteiger partial charge in [-0.15, -0.1) is 0 Å². The van der Waals surface area contributed by atoms with Crippen LogP contribution in [0.4, 0.5) is 0 Å². The van der Waals surface area contributed by atoms with E-state index in [-0.39, 0.29) is 6.10 Å². The maximum absolute atomic E-state index is 9.18. The smallest absolute Gasteiger partial charge is 0.293 e. The van der Waals surface area contributed by atoms with E-state index in [4.69, 9.17) is 4.74 Å². The quantitative estimate of drug-likeness (QED) is 0.847. The number of aromatic amines is 1. The summed E-state index contributed by atoms with van der Waals surface area (Å²) in [5.41, 5.74) is 1.12. The zero-order valence-corrected chi connectivity index (χ0v) is 11.0. The molecule has 18 heavy (non-hydrogen) atoms. The largest absolute Gasteiger partial charge is 0.490 e. The number of benzene rings is 1. The van der Waals surface area contributed by atoms with Gasteiger partial charge in [-0.3, -0.25) is 4.79 Å². The molecule has 1 aromatic carbocycles. The van der Waals surface area contributed by atoms with Crippen molar-refractivity contribution in [3.05, 3.63) is 30.5 Å². The Kier molecular flexibility index (Phi) is 5.77. The van der Waals surface area contributed by atoms with Crippen LogP contribution in [-0.2, 0) is 9.53 Å². The number of rotatable bonds is 4. The van der Waals surface area contributed by atoms with Gasteiger partial charge in [0.2, 0.25) is 0 Å². The van der Waals surface area contributed by atoms with Crippen molar-refractivity contribution < 1.29 is 14.3 Å². The first kappa shape index (κ1) is 14.1. The van der Waals surface area contributed by atoms with Gasteiger partial charge >= 0.3 is 0 Å². The zero-order valence-electron chi connectivity index (χ0n) is 11.0. The standard InChI is InChI=1S/C11H13NO.C3H6O2/c1-8(2)13-11-5-3-4-10-9(11)6-7-12-10;1-2-5-3-4/h3-8,12H,1-2H3;3H,2H2,1H3. The molecule has 98 valence electrons. The number of fused-ring (bicyclic) bond motifs is 1. The molecule has 2 aromatic rings. The van der Waals surface area contributed by atoms with E-state index in [2.05, 4.69) is 9.72 Å². The van der Waals surface area contributed by atoms with Gasteiger partial charge in [0.15, 0.2) is 0 Å². The van der Waals surface area contributed by atoms with Gasteiger partial charge in [0.25, 0.3) is 6.47 Å². The lowest BCUT2D eigenvalue weighted by molar-refractivity contribution is -0.128. The second-order valence-corrected chi connectivity index (χ2v) is 3.91. The summed E-state index contributed by atoms with van der Waals surface area (Å²) in [5.74, 6) is 0.953. The van der Waals surface area contributed by atoms with Gasteiger partial charge in [0.1, 0.15) is 5.75 Å². The first-order valence-corrected chi connectivity index (χ1v) is 5.97. The summed E-state index contributed by atoms with van der Waals surface area (Å²) >= 11 is 0. The van der Waals surface area contributed by atoms with Crippen molar-refractivity contribution in [1.29, 1.82) is 0 Å². The Morgan fingerprint density at radius 2 is 2.11 bits per heavy atom. The van der Waals surface area contributed by atoms with E-state index in [1.54, 1.807) is 6.92 Å². The van der Waals surface area contributed by atoms with E-state index in [0.717, 1.165) is 16.7 Å². The van der Waals surface area contributed by atoms with Crippen LogP contribution in [0, 0.1) is 0 Å². The number of nitrogens with one attached hydrogen (secondary N) is 1. The zero-order chi connectivity index (χ0) is 13.4. The van der Waals surface area contributed by atoms with Crippen molar-refractivity contribution in [3.8, 4) is 5.75 Å². The summed E-state index contributed by atoms with van der Waals surface area (Å²) < 4.78 is 9.82. The fourth-order valence-electron chi connectivity index (χ4n) is 1.48. The number of hydrogen-bond acceptors (Lipinski definition) is 3. The van der Waals surface area contributed by atoms with Crippen molar-refractivity contribution in [2.24, 2.45) is 0 Å². The van der Waals surface area contributed by atoms with Gasteiger partial charge in [-0.1, -0.05) is 6.07 Å². The number of aromatic nitrogens is 1. The van der Waals surface area contributed by atoms with Gasteiger partial charge in [-0.05, 0) is 39.0 Å². The molecule has 0 bridgehead atoms.